The smallest absolute Gasteiger partial charge is 0.260 e. The fourth-order valence-electron chi connectivity index (χ4n) is 3.24. The van der Waals surface area contributed by atoms with Crippen LogP contribution in [-0.2, 0) is 4.79 Å². The molecule has 1 N–H and O–H groups in total. The van der Waals surface area contributed by atoms with E-state index < -0.39 is 0 Å². The van der Waals surface area contributed by atoms with E-state index in [-0.39, 0.29) is 24.5 Å². The molecule has 1 saturated heterocycles. The van der Waals surface area contributed by atoms with Gasteiger partial charge in [0, 0.05) is 36.6 Å². The van der Waals surface area contributed by atoms with Gasteiger partial charge in [-0.2, -0.15) is 0 Å². The molecule has 3 rings (SSSR count). The number of rotatable bonds is 7. The number of hydrogen-bond acceptors (Lipinski definition) is 4. The van der Waals surface area contributed by atoms with E-state index in [2.05, 4.69) is 10.3 Å². The Balaban J connectivity index is 1.68. The lowest BCUT2D eigenvalue weighted by atomic mass is 10.0. The standard InChI is InChI=1S/C21H25N3O3/c1-2-18(23-21(26)16-9-11-22-12-10-16)17-7-3-4-8-19(17)27-15-20(25)24-13-5-6-14-24/h3-4,7-12,18H,2,5-6,13-15H2,1H3,(H,23,26). The number of carbonyl (C=O) groups is 2. The number of aromatic nitrogens is 1. The zero-order chi connectivity index (χ0) is 19.1. The molecule has 0 spiro atoms. The lowest BCUT2D eigenvalue weighted by Crippen LogP contribution is -2.32. The van der Waals surface area contributed by atoms with E-state index in [1.54, 1.807) is 24.5 Å². The molecular formula is C21H25N3O3. The SMILES string of the molecule is CCC(NC(=O)c1ccncc1)c1ccccc1OCC(=O)N1CCCC1. The molecule has 0 bridgehead atoms. The van der Waals surface area contributed by atoms with Gasteiger partial charge in [0.25, 0.3) is 11.8 Å². The number of amides is 2. The second-order valence-corrected chi connectivity index (χ2v) is 6.58. The molecule has 1 aromatic carbocycles. The molecule has 6 heteroatoms. The molecule has 27 heavy (non-hydrogen) atoms. The van der Waals surface area contributed by atoms with Crippen LogP contribution in [0.15, 0.2) is 48.8 Å². The highest BCUT2D eigenvalue weighted by Crippen LogP contribution is 2.27. The Morgan fingerprint density at radius 1 is 1.15 bits per heavy atom. The lowest BCUT2D eigenvalue weighted by Gasteiger charge is -2.21. The molecule has 2 aromatic rings. The first-order valence-corrected chi connectivity index (χ1v) is 9.39. The Bertz CT molecular complexity index is 773. The summed E-state index contributed by atoms with van der Waals surface area (Å²) in [6.07, 6.45) is 6.01. The van der Waals surface area contributed by atoms with Crippen LogP contribution in [0.2, 0.25) is 0 Å². The van der Waals surface area contributed by atoms with Crippen molar-refractivity contribution in [1.82, 2.24) is 15.2 Å². The van der Waals surface area contributed by atoms with Gasteiger partial charge in [-0.15, -0.1) is 0 Å². The molecule has 1 atom stereocenters. The predicted molar refractivity (Wildman–Crippen MR) is 102 cm³/mol. The fraction of sp³-hybridized carbons (Fsp3) is 0.381. The zero-order valence-corrected chi connectivity index (χ0v) is 15.6. The molecule has 1 aromatic heterocycles. The van der Waals surface area contributed by atoms with Gasteiger partial charge in [-0.1, -0.05) is 25.1 Å². The maximum Gasteiger partial charge on any atom is 0.260 e. The fourth-order valence-corrected chi connectivity index (χ4v) is 3.24. The number of pyridine rings is 1. The Labute approximate surface area is 159 Å². The van der Waals surface area contributed by atoms with Gasteiger partial charge in [-0.05, 0) is 37.5 Å². The van der Waals surface area contributed by atoms with Crippen molar-refractivity contribution in [1.29, 1.82) is 0 Å². The van der Waals surface area contributed by atoms with Gasteiger partial charge in [0.2, 0.25) is 0 Å². The number of nitrogens with one attached hydrogen (secondary N) is 1. The molecular weight excluding hydrogens is 342 g/mol. The normalized spacial score (nSPS) is 14.6. The summed E-state index contributed by atoms with van der Waals surface area (Å²) in [7, 11) is 0. The van der Waals surface area contributed by atoms with Crippen molar-refractivity contribution < 1.29 is 14.3 Å². The Morgan fingerprint density at radius 2 is 1.85 bits per heavy atom. The first-order valence-electron chi connectivity index (χ1n) is 9.39. The number of hydrogen-bond donors (Lipinski definition) is 1. The minimum Gasteiger partial charge on any atom is -0.483 e. The highest BCUT2D eigenvalue weighted by Gasteiger charge is 2.21. The van der Waals surface area contributed by atoms with Crippen LogP contribution in [0, 0.1) is 0 Å². The summed E-state index contributed by atoms with van der Waals surface area (Å²) in [6, 6.07) is 10.7. The van der Waals surface area contributed by atoms with Crippen LogP contribution >= 0.6 is 0 Å². The molecule has 0 radical (unpaired) electrons. The van der Waals surface area contributed by atoms with Gasteiger partial charge in [0.1, 0.15) is 5.75 Å². The van der Waals surface area contributed by atoms with Crippen molar-refractivity contribution >= 4 is 11.8 Å². The summed E-state index contributed by atoms with van der Waals surface area (Å²) in [5.41, 5.74) is 1.43. The molecule has 1 fully saturated rings. The van der Waals surface area contributed by atoms with Crippen LogP contribution in [0.5, 0.6) is 5.75 Å². The van der Waals surface area contributed by atoms with Crippen LogP contribution in [0.25, 0.3) is 0 Å². The second kappa shape index (κ2) is 9.16. The molecule has 2 heterocycles. The maximum atomic E-state index is 12.5. The maximum absolute atomic E-state index is 12.5. The van der Waals surface area contributed by atoms with Crippen molar-refractivity contribution in [2.45, 2.75) is 32.2 Å². The average molecular weight is 367 g/mol. The van der Waals surface area contributed by atoms with E-state index in [0.29, 0.717) is 17.7 Å². The van der Waals surface area contributed by atoms with E-state index >= 15 is 0 Å². The van der Waals surface area contributed by atoms with Crippen molar-refractivity contribution in [3.05, 3.63) is 59.9 Å². The second-order valence-electron chi connectivity index (χ2n) is 6.58. The summed E-state index contributed by atoms with van der Waals surface area (Å²) >= 11 is 0. The Kier molecular flexibility index (Phi) is 6.41. The minimum atomic E-state index is -0.205. The Morgan fingerprint density at radius 3 is 2.56 bits per heavy atom. The number of nitrogens with zero attached hydrogens (tertiary/aromatic N) is 2. The molecule has 1 unspecified atom stereocenters. The number of para-hydroxylation sites is 1. The first-order chi connectivity index (χ1) is 13.2. The van der Waals surface area contributed by atoms with E-state index in [1.165, 1.54) is 0 Å². The average Bonchev–Trinajstić information content (AvgIpc) is 3.26. The summed E-state index contributed by atoms with van der Waals surface area (Å²) in [5.74, 6) is 0.482. The van der Waals surface area contributed by atoms with Crippen LogP contribution in [0.4, 0.5) is 0 Å². The van der Waals surface area contributed by atoms with Crippen molar-refractivity contribution in [3.63, 3.8) is 0 Å². The molecule has 0 saturated carbocycles. The van der Waals surface area contributed by atoms with Crippen molar-refractivity contribution in [2.75, 3.05) is 19.7 Å². The van der Waals surface area contributed by atoms with E-state index in [4.69, 9.17) is 4.74 Å². The quantitative estimate of drug-likeness (QED) is 0.817. The topological polar surface area (TPSA) is 71.5 Å². The van der Waals surface area contributed by atoms with Gasteiger partial charge in [-0.3, -0.25) is 14.6 Å². The lowest BCUT2D eigenvalue weighted by molar-refractivity contribution is -0.132. The highest BCUT2D eigenvalue weighted by molar-refractivity contribution is 5.94. The van der Waals surface area contributed by atoms with Crippen molar-refractivity contribution in [2.24, 2.45) is 0 Å². The van der Waals surface area contributed by atoms with Gasteiger partial charge in [-0.25, -0.2) is 0 Å². The van der Waals surface area contributed by atoms with Crippen LogP contribution in [-0.4, -0.2) is 41.4 Å². The van der Waals surface area contributed by atoms with E-state index in [9.17, 15) is 9.59 Å². The molecule has 0 aliphatic carbocycles. The molecule has 142 valence electrons. The number of benzene rings is 1. The zero-order valence-electron chi connectivity index (χ0n) is 15.6. The summed E-state index contributed by atoms with van der Waals surface area (Å²) in [6.45, 7) is 3.64. The summed E-state index contributed by atoms with van der Waals surface area (Å²) in [5, 5.41) is 3.04. The molecule has 1 aliphatic rings. The van der Waals surface area contributed by atoms with Crippen LogP contribution in [0.3, 0.4) is 0 Å². The van der Waals surface area contributed by atoms with Gasteiger partial charge < -0.3 is 15.0 Å². The third kappa shape index (κ3) is 4.84. The highest BCUT2D eigenvalue weighted by atomic mass is 16.5. The molecule has 1 aliphatic heterocycles. The molecule has 6 nitrogen and oxygen atoms in total. The largest absolute Gasteiger partial charge is 0.483 e. The van der Waals surface area contributed by atoms with E-state index in [0.717, 1.165) is 31.5 Å². The van der Waals surface area contributed by atoms with Crippen molar-refractivity contribution in [3.8, 4) is 5.75 Å². The third-order valence-corrected chi connectivity index (χ3v) is 4.76. The first kappa shape index (κ1) is 18.9. The minimum absolute atomic E-state index is 0.0103. The summed E-state index contributed by atoms with van der Waals surface area (Å²) in [4.78, 5) is 30.5. The Hall–Kier alpha value is -2.89. The van der Waals surface area contributed by atoms with E-state index in [1.807, 2.05) is 36.1 Å². The van der Waals surface area contributed by atoms with Gasteiger partial charge in [0.05, 0.1) is 6.04 Å². The number of carbonyl (C=O) groups excluding carboxylic acids is 2. The summed E-state index contributed by atoms with van der Waals surface area (Å²) < 4.78 is 5.83. The monoisotopic (exact) mass is 367 g/mol. The molecule has 2 amide bonds. The van der Waals surface area contributed by atoms with Crippen LogP contribution in [0.1, 0.15) is 48.1 Å². The number of ether oxygens (including phenoxy) is 1. The van der Waals surface area contributed by atoms with Crippen LogP contribution < -0.4 is 10.1 Å². The van der Waals surface area contributed by atoms with Gasteiger partial charge in [0.15, 0.2) is 6.61 Å². The third-order valence-electron chi connectivity index (χ3n) is 4.76. The number of likely N-dealkylation sites (tertiary alicyclic amines) is 1. The predicted octanol–water partition coefficient (Wildman–Crippen LogP) is 2.96. The van der Waals surface area contributed by atoms with Gasteiger partial charge >= 0.3 is 0 Å².